The van der Waals surface area contributed by atoms with Gasteiger partial charge in [0.05, 0.1) is 0 Å². The van der Waals surface area contributed by atoms with Crippen LogP contribution in [0.25, 0.3) is 11.1 Å². The first-order valence-corrected chi connectivity index (χ1v) is 6.69. The van der Waals surface area contributed by atoms with Crippen LogP contribution in [0.2, 0.25) is 0 Å². The Morgan fingerprint density at radius 3 is 2.00 bits per heavy atom. The summed E-state index contributed by atoms with van der Waals surface area (Å²) in [6.07, 6.45) is 5.97. The number of carbonyl (C=O) groups is 1. The van der Waals surface area contributed by atoms with E-state index >= 15 is 0 Å². The van der Waals surface area contributed by atoms with Crippen LogP contribution in [0.15, 0.2) is 66.7 Å². The molecule has 19 heavy (non-hydrogen) atoms. The summed E-state index contributed by atoms with van der Waals surface area (Å²) >= 11 is 0. The molecule has 0 fully saturated rings. The van der Waals surface area contributed by atoms with Gasteiger partial charge in [0.1, 0.15) is 0 Å². The fourth-order valence-corrected chi connectivity index (χ4v) is 2.52. The SMILES string of the molecule is O=C(c1ccc(-c2ccccc2)cc1)C1CC=CC1. The third kappa shape index (κ3) is 2.50. The average Bonchev–Trinajstić information content (AvgIpc) is 3.02. The lowest BCUT2D eigenvalue weighted by Gasteiger charge is -2.09. The number of carbonyl (C=O) groups excluding carboxylic acids is 1. The first-order chi connectivity index (χ1) is 9.34. The summed E-state index contributed by atoms with van der Waals surface area (Å²) in [6, 6.07) is 18.2. The van der Waals surface area contributed by atoms with Crippen molar-refractivity contribution < 1.29 is 4.79 Å². The largest absolute Gasteiger partial charge is 0.294 e. The summed E-state index contributed by atoms with van der Waals surface area (Å²) in [5, 5.41) is 0. The van der Waals surface area contributed by atoms with Gasteiger partial charge in [0, 0.05) is 11.5 Å². The Morgan fingerprint density at radius 1 is 0.789 bits per heavy atom. The van der Waals surface area contributed by atoms with E-state index in [9.17, 15) is 4.79 Å². The van der Waals surface area contributed by atoms with E-state index < -0.39 is 0 Å². The third-order valence-corrected chi connectivity index (χ3v) is 3.66. The van der Waals surface area contributed by atoms with Crippen molar-refractivity contribution in [3.05, 3.63) is 72.3 Å². The van der Waals surface area contributed by atoms with Crippen LogP contribution in [0, 0.1) is 5.92 Å². The number of allylic oxidation sites excluding steroid dienone is 2. The molecule has 1 heteroatoms. The lowest BCUT2D eigenvalue weighted by molar-refractivity contribution is 0.0926. The standard InChI is InChI=1S/C18H16O/c19-18(16-8-4-5-9-16)17-12-10-15(11-13-17)14-6-2-1-3-7-14/h1-7,10-13,16H,8-9H2. The van der Waals surface area contributed by atoms with E-state index in [1.807, 2.05) is 42.5 Å². The molecule has 0 aromatic heterocycles. The van der Waals surface area contributed by atoms with Gasteiger partial charge in [-0.15, -0.1) is 0 Å². The number of Topliss-reactive ketones (excluding diaryl/α,β-unsaturated/α-hetero) is 1. The normalized spacial score (nSPS) is 14.7. The van der Waals surface area contributed by atoms with Crippen LogP contribution < -0.4 is 0 Å². The van der Waals surface area contributed by atoms with Gasteiger partial charge in [-0.25, -0.2) is 0 Å². The van der Waals surface area contributed by atoms with Gasteiger partial charge in [-0.05, 0) is 24.0 Å². The molecule has 3 rings (SSSR count). The fraction of sp³-hybridized carbons (Fsp3) is 0.167. The molecular formula is C18H16O. The molecule has 0 bridgehead atoms. The van der Waals surface area contributed by atoms with Crippen LogP contribution in [0.1, 0.15) is 23.2 Å². The smallest absolute Gasteiger partial charge is 0.166 e. The maximum absolute atomic E-state index is 12.3. The summed E-state index contributed by atoms with van der Waals surface area (Å²) in [5.74, 6) is 0.423. The molecule has 0 spiro atoms. The molecule has 0 saturated carbocycles. The molecule has 0 radical (unpaired) electrons. The second kappa shape index (κ2) is 5.23. The first-order valence-electron chi connectivity index (χ1n) is 6.69. The molecule has 1 aliphatic rings. The van der Waals surface area contributed by atoms with E-state index in [4.69, 9.17) is 0 Å². The molecule has 1 nitrogen and oxygen atoms in total. The minimum Gasteiger partial charge on any atom is -0.294 e. The molecule has 0 N–H and O–H groups in total. The van der Waals surface area contributed by atoms with Crippen molar-refractivity contribution in [1.29, 1.82) is 0 Å². The van der Waals surface area contributed by atoms with Crippen molar-refractivity contribution >= 4 is 5.78 Å². The number of ketones is 1. The average molecular weight is 248 g/mol. The molecule has 0 atom stereocenters. The molecule has 0 aliphatic heterocycles. The zero-order valence-corrected chi connectivity index (χ0v) is 10.8. The first kappa shape index (κ1) is 11.9. The Bertz CT molecular complexity index is 585. The molecule has 0 unspecified atom stereocenters. The van der Waals surface area contributed by atoms with Gasteiger partial charge >= 0.3 is 0 Å². The zero-order chi connectivity index (χ0) is 13.1. The van der Waals surface area contributed by atoms with Crippen molar-refractivity contribution in [3.8, 4) is 11.1 Å². The van der Waals surface area contributed by atoms with Gasteiger partial charge in [-0.3, -0.25) is 4.79 Å². The molecule has 0 amide bonds. The van der Waals surface area contributed by atoms with Gasteiger partial charge in [0.15, 0.2) is 5.78 Å². The van der Waals surface area contributed by atoms with Crippen LogP contribution in [-0.2, 0) is 0 Å². The van der Waals surface area contributed by atoms with Gasteiger partial charge in [0.2, 0.25) is 0 Å². The molecule has 0 saturated heterocycles. The highest BCUT2D eigenvalue weighted by Crippen LogP contribution is 2.24. The maximum Gasteiger partial charge on any atom is 0.166 e. The van der Waals surface area contributed by atoms with E-state index in [-0.39, 0.29) is 11.7 Å². The third-order valence-electron chi connectivity index (χ3n) is 3.66. The Labute approximate surface area is 113 Å². The monoisotopic (exact) mass is 248 g/mol. The minimum absolute atomic E-state index is 0.155. The highest BCUT2D eigenvalue weighted by atomic mass is 16.1. The summed E-state index contributed by atoms with van der Waals surface area (Å²) < 4.78 is 0. The van der Waals surface area contributed by atoms with Crippen LogP contribution in [0.5, 0.6) is 0 Å². The Morgan fingerprint density at radius 2 is 1.37 bits per heavy atom. The van der Waals surface area contributed by atoms with Crippen LogP contribution in [0.4, 0.5) is 0 Å². The van der Waals surface area contributed by atoms with E-state index in [2.05, 4.69) is 24.3 Å². The molecule has 2 aromatic carbocycles. The molecule has 1 aliphatic carbocycles. The topological polar surface area (TPSA) is 17.1 Å². The van der Waals surface area contributed by atoms with Crippen LogP contribution in [-0.4, -0.2) is 5.78 Å². The van der Waals surface area contributed by atoms with Gasteiger partial charge < -0.3 is 0 Å². The van der Waals surface area contributed by atoms with Crippen molar-refractivity contribution in [1.82, 2.24) is 0 Å². The van der Waals surface area contributed by atoms with E-state index in [1.54, 1.807) is 0 Å². The summed E-state index contributed by atoms with van der Waals surface area (Å²) in [6.45, 7) is 0. The van der Waals surface area contributed by atoms with E-state index in [1.165, 1.54) is 5.56 Å². The highest BCUT2D eigenvalue weighted by molar-refractivity contribution is 5.98. The van der Waals surface area contributed by atoms with Crippen molar-refractivity contribution in [3.63, 3.8) is 0 Å². The molecule has 0 heterocycles. The van der Waals surface area contributed by atoms with E-state index in [0.717, 1.165) is 24.0 Å². The van der Waals surface area contributed by atoms with Crippen molar-refractivity contribution in [2.24, 2.45) is 5.92 Å². The number of hydrogen-bond donors (Lipinski definition) is 0. The van der Waals surface area contributed by atoms with Crippen molar-refractivity contribution in [2.45, 2.75) is 12.8 Å². The quantitative estimate of drug-likeness (QED) is 0.577. The summed E-state index contributed by atoms with van der Waals surface area (Å²) in [7, 11) is 0. The number of hydrogen-bond acceptors (Lipinski definition) is 1. The Kier molecular flexibility index (Phi) is 3.28. The van der Waals surface area contributed by atoms with Gasteiger partial charge in [-0.2, -0.15) is 0 Å². The lowest BCUT2D eigenvalue weighted by atomic mass is 9.94. The molecule has 2 aromatic rings. The summed E-state index contributed by atoms with van der Waals surface area (Å²) in [5.41, 5.74) is 3.17. The predicted molar refractivity (Wildman–Crippen MR) is 78.1 cm³/mol. The van der Waals surface area contributed by atoms with Crippen LogP contribution >= 0.6 is 0 Å². The molecular weight excluding hydrogens is 232 g/mol. The minimum atomic E-state index is 0.155. The maximum atomic E-state index is 12.3. The lowest BCUT2D eigenvalue weighted by Crippen LogP contribution is -2.11. The predicted octanol–water partition coefficient (Wildman–Crippen LogP) is 4.50. The second-order valence-corrected chi connectivity index (χ2v) is 4.95. The summed E-state index contributed by atoms with van der Waals surface area (Å²) in [4.78, 5) is 12.3. The van der Waals surface area contributed by atoms with Gasteiger partial charge in [-0.1, -0.05) is 66.7 Å². The second-order valence-electron chi connectivity index (χ2n) is 4.95. The number of rotatable bonds is 3. The Balaban J connectivity index is 1.81. The van der Waals surface area contributed by atoms with Crippen molar-refractivity contribution in [2.75, 3.05) is 0 Å². The molecule has 94 valence electrons. The van der Waals surface area contributed by atoms with Gasteiger partial charge in [0.25, 0.3) is 0 Å². The number of benzene rings is 2. The zero-order valence-electron chi connectivity index (χ0n) is 10.8. The van der Waals surface area contributed by atoms with E-state index in [0.29, 0.717) is 0 Å². The Hall–Kier alpha value is -2.15. The highest BCUT2D eigenvalue weighted by Gasteiger charge is 2.20. The fourth-order valence-electron chi connectivity index (χ4n) is 2.52. The van der Waals surface area contributed by atoms with Crippen LogP contribution in [0.3, 0.4) is 0 Å².